The van der Waals surface area contributed by atoms with Crippen molar-refractivity contribution in [3.63, 3.8) is 0 Å². The zero-order chi connectivity index (χ0) is 14.5. The minimum Gasteiger partial charge on any atom is -0.490 e. The number of anilines is 1. The third-order valence-electron chi connectivity index (χ3n) is 2.39. The van der Waals surface area contributed by atoms with Crippen molar-refractivity contribution in [3.05, 3.63) is 33.3 Å². The van der Waals surface area contributed by atoms with E-state index in [1.165, 1.54) is 30.6 Å². The van der Waals surface area contributed by atoms with Crippen LogP contribution in [0.2, 0.25) is 0 Å². The molecule has 0 aliphatic rings. The average molecular weight is 296 g/mol. The maximum atomic E-state index is 10.9. The van der Waals surface area contributed by atoms with Crippen LogP contribution >= 0.6 is 11.3 Å². The maximum absolute atomic E-state index is 10.9. The van der Waals surface area contributed by atoms with E-state index in [4.69, 9.17) is 9.47 Å². The van der Waals surface area contributed by atoms with E-state index in [2.05, 4.69) is 15.5 Å². The Bertz CT molecular complexity index is 616. The first-order valence-corrected chi connectivity index (χ1v) is 6.41. The normalized spacial score (nSPS) is 10.1. The van der Waals surface area contributed by atoms with Crippen LogP contribution in [0.3, 0.4) is 0 Å². The molecule has 1 aromatic carbocycles. The Morgan fingerprint density at radius 2 is 2.25 bits per heavy atom. The molecule has 0 unspecified atom stereocenters. The van der Waals surface area contributed by atoms with Crippen molar-refractivity contribution in [3.8, 4) is 11.5 Å². The van der Waals surface area contributed by atoms with Gasteiger partial charge in [-0.1, -0.05) is 11.3 Å². The SMILES string of the molecule is CNc1nnc(COc2ccc(OC)c([N+](=O)[O-])c2)s1. The van der Waals surface area contributed by atoms with Crippen LogP contribution < -0.4 is 14.8 Å². The molecule has 0 amide bonds. The van der Waals surface area contributed by atoms with E-state index >= 15 is 0 Å². The molecule has 106 valence electrons. The van der Waals surface area contributed by atoms with E-state index in [0.717, 1.165) is 0 Å². The molecule has 0 spiro atoms. The molecule has 1 heterocycles. The molecule has 1 N–H and O–H groups in total. The summed E-state index contributed by atoms with van der Waals surface area (Å²) in [7, 11) is 3.13. The highest BCUT2D eigenvalue weighted by molar-refractivity contribution is 7.15. The molecule has 0 saturated carbocycles. The van der Waals surface area contributed by atoms with Crippen LogP contribution in [0.15, 0.2) is 18.2 Å². The monoisotopic (exact) mass is 296 g/mol. The number of methoxy groups -OCH3 is 1. The van der Waals surface area contributed by atoms with Gasteiger partial charge in [0.1, 0.15) is 12.4 Å². The molecule has 20 heavy (non-hydrogen) atoms. The first-order valence-electron chi connectivity index (χ1n) is 5.59. The molecule has 0 fully saturated rings. The second kappa shape index (κ2) is 6.15. The van der Waals surface area contributed by atoms with Gasteiger partial charge >= 0.3 is 5.69 Å². The third-order valence-corrected chi connectivity index (χ3v) is 3.30. The lowest BCUT2D eigenvalue weighted by atomic mass is 10.3. The van der Waals surface area contributed by atoms with E-state index in [-0.39, 0.29) is 18.0 Å². The number of benzene rings is 1. The highest BCUT2D eigenvalue weighted by atomic mass is 32.1. The molecular weight excluding hydrogens is 284 g/mol. The van der Waals surface area contributed by atoms with Gasteiger partial charge in [0.25, 0.3) is 0 Å². The van der Waals surface area contributed by atoms with Gasteiger partial charge in [-0.3, -0.25) is 10.1 Å². The lowest BCUT2D eigenvalue weighted by molar-refractivity contribution is -0.385. The van der Waals surface area contributed by atoms with Gasteiger partial charge in [-0.25, -0.2) is 0 Å². The fraction of sp³-hybridized carbons (Fsp3) is 0.273. The van der Waals surface area contributed by atoms with Crippen molar-refractivity contribution in [2.75, 3.05) is 19.5 Å². The van der Waals surface area contributed by atoms with E-state index in [9.17, 15) is 10.1 Å². The molecular formula is C11H12N4O4S. The van der Waals surface area contributed by atoms with Crippen LogP contribution in [-0.2, 0) is 6.61 Å². The Balaban J connectivity index is 2.09. The zero-order valence-corrected chi connectivity index (χ0v) is 11.6. The first-order chi connectivity index (χ1) is 9.63. The Labute approximate surface area is 118 Å². The van der Waals surface area contributed by atoms with Crippen molar-refractivity contribution < 1.29 is 14.4 Å². The van der Waals surface area contributed by atoms with Crippen LogP contribution in [0.4, 0.5) is 10.8 Å². The number of nitro groups is 1. The van der Waals surface area contributed by atoms with Gasteiger partial charge in [-0.2, -0.15) is 0 Å². The van der Waals surface area contributed by atoms with Crippen LogP contribution in [0, 0.1) is 10.1 Å². The summed E-state index contributed by atoms with van der Waals surface area (Å²) in [5.41, 5.74) is -0.141. The molecule has 0 saturated heterocycles. The third kappa shape index (κ3) is 3.12. The molecule has 9 heteroatoms. The topological polar surface area (TPSA) is 99.4 Å². The lowest BCUT2D eigenvalue weighted by Gasteiger charge is -2.06. The second-order valence-electron chi connectivity index (χ2n) is 3.63. The lowest BCUT2D eigenvalue weighted by Crippen LogP contribution is -1.98. The van der Waals surface area contributed by atoms with Crippen molar-refractivity contribution in [1.29, 1.82) is 0 Å². The van der Waals surface area contributed by atoms with Gasteiger partial charge in [0.15, 0.2) is 10.8 Å². The minimum absolute atomic E-state index is 0.141. The average Bonchev–Trinajstić information content (AvgIpc) is 2.92. The Morgan fingerprint density at radius 1 is 1.45 bits per heavy atom. The summed E-state index contributed by atoms with van der Waals surface area (Å²) in [6.07, 6.45) is 0. The Hall–Kier alpha value is -2.42. The highest BCUT2D eigenvalue weighted by Gasteiger charge is 2.16. The van der Waals surface area contributed by atoms with Crippen LogP contribution in [-0.4, -0.2) is 29.3 Å². The van der Waals surface area contributed by atoms with Gasteiger partial charge in [-0.15, -0.1) is 10.2 Å². The smallest absolute Gasteiger partial charge is 0.314 e. The number of hydrogen-bond acceptors (Lipinski definition) is 8. The van der Waals surface area contributed by atoms with E-state index < -0.39 is 4.92 Å². The summed E-state index contributed by atoms with van der Waals surface area (Å²) in [6.45, 7) is 0.197. The standard InChI is InChI=1S/C11H12N4O4S/c1-12-11-14-13-10(20-11)6-19-7-3-4-9(18-2)8(5-7)15(16)17/h3-5H,6H2,1-2H3,(H,12,14). The van der Waals surface area contributed by atoms with E-state index in [1.807, 2.05) is 0 Å². The number of nitrogens with zero attached hydrogens (tertiary/aromatic N) is 3. The van der Waals surface area contributed by atoms with Gasteiger partial charge in [0.05, 0.1) is 18.1 Å². The fourth-order valence-electron chi connectivity index (χ4n) is 1.46. The predicted octanol–water partition coefficient (Wildman–Crippen LogP) is 2.08. The molecule has 0 aliphatic heterocycles. The van der Waals surface area contributed by atoms with Crippen molar-refractivity contribution in [1.82, 2.24) is 10.2 Å². The summed E-state index contributed by atoms with van der Waals surface area (Å²) in [5.74, 6) is 0.564. The summed E-state index contributed by atoms with van der Waals surface area (Å²) in [6, 6.07) is 4.41. The summed E-state index contributed by atoms with van der Waals surface area (Å²) in [4.78, 5) is 10.4. The van der Waals surface area contributed by atoms with Crippen LogP contribution in [0.25, 0.3) is 0 Å². The van der Waals surface area contributed by atoms with Crippen molar-refractivity contribution >= 4 is 22.2 Å². The van der Waals surface area contributed by atoms with Crippen LogP contribution in [0.1, 0.15) is 5.01 Å². The molecule has 0 bridgehead atoms. The molecule has 0 radical (unpaired) electrons. The number of nitro benzene ring substituents is 1. The number of ether oxygens (including phenoxy) is 2. The van der Waals surface area contributed by atoms with Gasteiger partial charge in [0, 0.05) is 7.05 Å². The molecule has 0 atom stereocenters. The second-order valence-corrected chi connectivity index (χ2v) is 4.69. The Kier molecular flexibility index (Phi) is 4.31. The van der Waals surface area contributed by atoms with E-state index in [0.29, 0.717) is 15.9 Å². The van der Waals surface area contributed by atoms with E-state index in [1.54, 1.807) is 13.1 Å². The van der Waals surface area contributed by atoms with Gasteiger partial charge in [-0.05, 0) is 12.1 Å². The largest absolute Gasteiger partial charge is 0.490 e. The highest BCUT2D eigenvalue weighted by Crippen LogP contribution is 2.31. The first kappa shape index (κ1) is 14.0. The van der Waals surface area contributed by atoms with Gasteiger partial charge < -0.3 is 14.8 Å². The van der Waals surface area contributed by atoms with Crippen LogP contribution in [0.5, 0.6) is 11.5 Å². The number of rotatable bonds is 6. The molecule has 0 aliphatic carbocycles. The quantitative estimate of drug-likeness (QED) is 0.643. The fourth-order valence-corrected chi connectivity index (χ4v) is 2.07. The number of hydrogen-bond donors (Lipinski definition) is 1. The predicted molar refractivity (Wildman–Crippen MR) is 73.4 cm³/mol. The molecule has 2 rings (SSSR count). The van der Waals surface area contributed by atoms with Crippen molar-refractivity contribution in [2.45, 2.75) is 6.61 Å². The Morgan fingerprint density at radius 3 is 2.85 bits per heavy atom. The zero-order valence-electron chi connectivity index (χ0n) is 10.8. The summed E-state index contributed by atoms with van der Waals surface area (Å²) < 4.78 is 10.4. The number of aromatic nitrogens is 2. The van der Waals surface area contributed by atoms with Crippen molar-refractivity contribution in [2.24, 2.45) is 0 Å². The van der Waals surface area contributed by atoms with Gasteiger partial charge in [0.2, 0.25) is 5.13 Å². The summed E-state index contributed by atoms with van der Waals surface area (Å²) >= 11 is 1.35. The summed E-state index contributed by atoms with van der Waals surface area (Å²) in [5, 5.41) is 22.9. The molecule has 1 aromatic heterocycles. The minimum atomic E-state index is -0.518. The number of nitrogens with one attached hydrogen (secondary N) is 1. The molecule has 8 nitrogen and oxygen atoms in total. The maximum Gasteiger partial charge on any atom is 0.314 e. The molecule has 2 aromatic rings.